The topological polar surface area (TPSA) is 61.0 Å². The normalized spacial score (nSPS) is 16.2. The molecule has 2 N–H and O–H groups in total. The third-order valence-electron chi connectivity index (χ3n) is 4.39. The van der Waals surface area contributed by atoms with Crippen molar-refractivity contribution in [3.63, 3.8) is 0 Å². The highest BCUT2D eigenvalue weighted by Crippen LogP contribution is 2.18. The van der Waals surface area contributed by atoms with E-state index in [2.05, 4.69) is 26.5 Å². The standard InChI is InChI=1S/C19H24N4O/c1-14(12-16-6-4-3-5-7-16)19(24)20-17-8-10-23(11-9-17)18-13-15(2)21-22-18/h3-7,12-13,17H,8-11H2,1-2H3,(H,20,24)(H,21,22)/b14-12+. The Labute approximate surface area is 142 Å². The molecule has 2 heterocycles. The van der Waals surface area contributed by atoms with Crippen LogP contribution in [-0.4, -0.2) is 35.2 Å². The van der Waals surface area contributed by atoms with Gasteiger partial charge in [0.15, 0.2) is 5.82 Å². The van der Waals surface area contributed by atoms with Crippen molar-refractivity contribution in [1.29, 1.82) is 0 Å². The number of aromatic amines is 1. The van der Waals surface area contributed by atoms with Gasteiger partial charge in [0.1, 0.15) is 0 Å². The molecule has 2 aromatic rings. The van der Waals surface area contributed by atoms with Crippen LogP contribution in [0, 0.1) is 6.92 Å². The molecule has 24 heavy (non-hydrogen) atoms. The van der Waals surface area contributed by atoms with Crippen molar-refractivity contribution in [3.05, 3.63) is 53.2 Å². The largest absolute Gasteiger partial charge is 0.355 e. The van der Waals surface area contributed by atoms with E-state index in [1.165, 1.54) is 0 Å². The molecule has 1 fully saturated rings. The smallest absolute Gasteiger partial charge is 0.247 e. The van der Waals surface area contributed by atoms with E-state index in [4.69, 9.17) is 0 Å². The minimum atomic E-state index is 0.0212. The van der Waals surface area contributed by atoms with Crippen LogP contribution < -0.4 is 10.2 Å². The fourth-order valence-corrected chi connectivity index (χ4v) is 2.98. The Morgan fingerprint density at radius 2 is 2.00 bits per heavy atom. The summed E-state index contributed by atoms with van der Waals surface area (Å²) in [5, 5.41) is 10.4. The summed E-state index contributed by atoms with van der Waals surface area (Å²) in [6.45, 7) is 5.70. The molecule has 0 saturated carbocycles. The SMILES string of the molecule is C/C(=C\c1ccccc1)C(=O)NC1CCN(c2cc(C)[nH]n2)CC1. The molecule has 1 aromatic heterocycles. The molecule has 5 nitrogen and oxygen atoms in total. The number of benzene rings is 1. The van der Waals surface area contributed by atoms with Crippen molar-refractivity contribution in [1.82, 2.24) is 15.5 Å². The molecule has 1 aliphatic rings. The lowest BCUT2D eigenvalue weighted by atomic mass is 10.0. The molecule has 0 aliphatic carbocycles. The third-order valence-corrected chi connectivity index (χ3v) is 4.39. The molecule has 0 bridgehead atoms. The van der Waals surface area contributed by atoms with Gasteiger partial charge in [-0.05, 0) is 38.3 Å². The highest BCUT2D eigenvalue weighted by atomic mass is 16.1. The van der Waals surface area contributed by atoms with Crippen LogP contribution in [0.15, 0.2) is 42.0 Å². The summed E-state index contributed by atoms with van der Waals surface area (Å²) < 4.78 is 0. The zero-order valence-corrected chi connectivity index (χ0v) is 14.2. The molecule has 1 aliphatic heterocycles. The average molecular weight is 324 g/mol. The number of nitrogens with zero attached hydrogens (tertiary/aromatic N) is 2. The first kappa shape index (κ1) is 16.3. The zero-order valence-electron chi connectivity index (χ0n) is 14.2. The molecule has 0 atom stereocenters. The highest BCUT2D eigenvalue weighted by molar-refractivity contribution is 5.97. The van der Waals surface area contributed by atoms with E-state index < -0.39 is 0 Å². The van der Waals surface area contributed by atoms with Crippen LogP contribution in [-0.2, 0) is 4.79 Å². The Bertz CT molecular complexity index is 712. The first-order chi connectivity index (χ1) is 11.6. The summed E-state index contributed by atoms with van der Waals surface area (Å²) in [5.41, 5.74) is 2.86. The summed E-state index contributed by atoms with van der Waals surface area (Å²) in [6, 6.07) is 12.2. The number of aromatic nitrogens is 2. The molecular weight excluding hydrogens is 300 g/mol. The van der Waals surface area contributed by atoms with Gasteiger partial charge in [-0.2, -0.15) is 5.10 Å². The van der Waals surface area contributed by atoms with Crippen LogP contribution in [0.4, 0.5) is 5.82 Å². The van der Waals surface area contributed by atoms with Gasteiger partial charge in [-0.15, -0.1) is 0 Å². The molecule has 0 spiro atoms. The Kier molecular flexibility index (Phi) is 4.99. The molecule has 5 heteroatoms. The van der Waals surface area contributed by atoms with Crippen LogP contribution in [0.25, 0.3) is 6.08 Å². The molecule has 1 saturated heterocycles. The second-order valence-corrected chi connectivity index (χ2v) is 6.38. The van der Waals surface area contributed by atoms with Crippen molar-refractivity contribution in [2.24, 2.45) is 0 Å². The molecule has 0 unspecified atom stereocenters. The van der Waals surface area contributed by atoms with Gasteiger partial charge in [-0.1, -0.05) is 30.3 Å². The molecule has 1 aromatic carbocycles. The number of nitrogens with one attached hydrogen (secondary N) is 2. The van der Waals surface area contributed by atoms with Crippen LogP contribution >= 0.6 is 0 Å². The summed E-state index contributed by atoms with van der Waals surface area (Å²) in [6.07, 6.45) is 3.81. The average Bonchev–Trinajstić information content (AvgIpc) is 3.03. The van der Waals surface area contributed by atoms with Crippen LogP contribution in [0.2, 0.25) is 0 Å². The first-order valence-electron chi connectivity index (χ1n) is 8.43. The second-order valence-electron chi connectivity index (χ2n) is 6.38. The maximum atomic E-state index is 12.4. The van der Waals surface area contributed by atoms with E-state index in [0.29, 0.717) is 0 Å². The number of rotatable bonds is 4. The van der Waals surface area contributed by atoms with Crippen molar-refractivity contribution in [2.75, 3.05) is 18.0 Å². The van der Waals surface area contributed by atoms with Crippen molar-refractivity contribution < 1.29 is 4.79 Å². The second kappa shape index (κ2) is 7.34. The third kappa shape index (κ3) is 4.04. The van der Waals surface area contributed by atoms with E-state index in [9.17, 15) is 4.79 Å². The fourth-order valence-electron chi connectivity index (χ4n) is 2.98. The van der Waals surface area contributed by atoms with Crippen LogP contribution in [0.5, 0.6) is 0 Å². The van der Waals surface area contributed by atoms with Crippen molar-refractivity contribution in [2.45, 2.75) is 32.7 Å². The number of anilines is 1. The highest BCUT2D eigenvalue weighted by Gasteiger charge is 2.22. The van der Waals surface area contributed by atoms with Crippen LogP contribution in [0.3, 0.4) is 0 Å². The summed E-state index contributed by atoms with van der Waals surface area (Å²) >= 11 is 0. The zero-order chi connectivity index (χ0) is 16.9. The maximum absolute atomic E-state index is 12.4. The van der Waals surface area contributed by atoms with E-state index in [1.807, 2.05) is 50.3 Å². The Morgan fingerprint density at radius 1 is 1.29 bits per heavy atom. The number of aryl methyl sites for hydroxylation is 1. The van der Waals surface area contributed by atoms with E-state index in [-0.39, 0.29) is 11.9 Å². The molecule has 126 valence electrons. The number of piperidine rings is 1. The molecule has 1 amide bonds. The predicted molar refractivity (Wildman–Crippen MR) is 96.8 cm³/mol. The summed E-state index contributed by atoms with van der Waals surface area (Å²) in [4.78, 5) is 14.6. The van der Waals surface area contributed by atoms with Gasteiger partial charge in [0.25, 0.3) is 0 Å². The molecular formula is C19H24N4O. The lowest BCUT2D eigenvalue weighted by Crippen LogP contribution is -2.45. The minimum Gasteiger partial charge on any atom is -0.355 e. The quantitative estimate of drug-likeness (QED) is 0.850. The number of hydrogen-bond donors (Lipinski definition) is 2. The van der Waals surface area contributed by atoms with Gasteiger partial charge >= 0.3 is 0 Å². The van der Waals surface area contributed by atoms with Gasteiger partial charge < -0.3 is 10.2 Å². The molecule has 3 rings (SSSR count). The Hall–Kier alpha value is -2.56. The lowest BCUT2D eigenvalue weighted by Gasteiger charge is -2.32. The lowest BCUT2D eigenvalue weighted by molar-refractivity contribution is -0.118. The predicted octanol–water partition coefficient (Wildman–Crippen LogP) is 2.91. The number of amides is 1. The Morgan fingerprint density at radius 3 is 2.62 bits per heavy atom. The van der Waals surface area contributed by atoms with Gasteiger partial charge in [0.2, 0.25) is 5.91 Å². The maximum Gasteiger partial charge on any atom is 0.247 e. The van der Waals surface area contributed by atoms with Gasteiger partial charge in [-0.3, -0.25) is 9.89 Å². The monoisotopic (exact) mass is 324 g/mol. The van der Waals surface area contributed by atoms with Gasteiger partial charge in [0, 0.05) is 36.5 Å². The number of hydrogen-bond acceptors (Lipinski definition) is 3. The molecule has 0 radical (unpaired) electrons. The van der Waals surface area contributed by atoms with Crippen molar-refractivity contribution in [3.8, 4) is 0 Å². The van der Waals surface area contributed by atoms with E-state index in [1.54, 1.807) is 0 Å². The minimum absolute atomic E-state index is 0.0212. The number of H-pyrrole nitrogens is 1. The van der Waals surface area contributed by atoms with Gasteiger partial charge in [-0.25, -0.2) is 0 Å². The van der Waals surface area contributed by atoms with E-state index in [0.717, 1.165) is 48.6 Å². The van der Waals surface area contributed by atoms with Crippen molar-refractivity contribution >= 4 is 17.8 Å². The van der Waals surface area contributed by atoms with Crippen LogP contribution in [0.1, 0.15) is 31.0 Å². The van der Waals surface area contributed by atoms with Gasteiger partial charge in [0.05, 0.1) is 0 Å². The summed E-state index contributed by atoms with van der Waals surface area (Å²) in [5.74, 6) is 1.02. The fraction of sp³-hybridized carbons (Fsp3) is 0.368. The number of carbonyl (C=O) groups excluding carboxylic acids is 1. The van der Waals surface area contributed by atoms with E-state index >= 15 is 0 Å². The Balaban J connectivity index is 1.52. The first-order valence-corrected chi connectivity index (χ1v) is 8.43. The summed E-state index contributed by atoms with van der Waals surface area (Å²) in [7, 11) is 0. The number of carbonyl (C=O) groups is 1.